The number of halogens is 1. The SMILES string of the molecule is CCc1ccc(NC(=O)C(C)OC(=O)c2cc(C)n(-c3ccc(F)cc3)c2C)cc1. The lowest BCUT2D eigenvalue weighted by Crippen LogP contribution is -2.30. The van der Waals surface area contributed by atoms with Crippen LogP contribution in [0, 0.1) is 19.7 Å². The Kier molecular flexibility index (Phi) is 6.35. The monoisotopic (exact) mass is 408 g/mol. The molecule has 0 aliphatic rings. The quantitative estimate of drug-likeness (QED) is 0.585. The van der Waals surface area contributed by atoms with Crippen molar-refractivity contribution >= 4 is 17.6 Å². The van der Waals surface area contributed by atoms with Gasteiger partial charge in [0, 0.05) is 22.8 Å². The number of carbonyl (C=O) groups is 2. The molecule has 0 radical (unpaired) electrons. The number of hydrogen-bond donors (Lipinski definition) is 1. The molecule has 0 saturated heterocycles. The molecule has 0 bridgehead atoms. The third-order valence-corrected chi connectivity index (χ3v) is 5.02. The molecule has 30 heavy (non-hydrogen) atoms. The highest BCUT2D eigenvalue weighted by Gasteiger charge is 2.23. The Morgan fingerprint density at radius 2 is 1.70 bits per heavy atom. The number of carbonyl (C=O) groups excluding carboxylic acids is 2. The summed E-state index contributed by atoms with van der Waals surface area (Å²) in [4.78, 5) is 25.1. The molecule has 1 N–H and O–H groups in total. The van der Waals surface area contributed by atoms with E-state index >= 15 is 0 Å². The van der Waals surface area contributed by atoms with Gasteiger partial charge in [0.15, 0.2) is 6.10 Å². The zero-order valence-electron chi connectivity index (χ0n) is 17.5. The number of aryl methyl sites for hydroxylation is 2. The van der Waals surface area contributed by atoms with E-state index in [4.69, 9.17) is 4.74 Å². The Hall–Kier alpha value is -3.41. The summed E-state index contributed by atoms with van der Waals surface area (Å²) in [5.41, 5.74) is 4.39. The van der Waals surface area contributed by atoms with Crippen LogP contribution in [0.1, 0.15) is 41.2 Å². The van der Waals surface area contributed by atoms with Crippen molar-refractivity contribution < 1.29 is 18.7 Å². The van der Waals surface area contributed by atoms with Crippen molar-refractivity contribution in [3.63, 3.8) is 0 Å². The fourth-order valence-corrected chi connectivity index (χ4v) is 3.30. The van der Waals surface area contributed by atoms with Crippen LogP contribution in [-0.2, 0) is 16.0 Å². The molecule has 0 saturated carbocycles. The molecule has 0 aliphatic heterocycles. The van der Waals surface area contributed by atoms with Gasteiger partial charge >= 0.3 is 5.97 Å². The summed E-state index contributed by atoms with van der Waals surface area (Å²) in [5.74, 6) is -1.31. The van der Waals surface area contributed by atoms with E-state index in [9.17, 15) is 14.0 Å². The van der Waals surface area contributed by atoms with Gasteiger partial charge in [0.05, 0.1) is 5.56 Å². The number of rotatable bonds is 6. The van der Waals surface area contributed by atoms with Crippen molar-refractivity contribution in [1.29, 1.82) is 0 Å². The molecule has 2 aromatic carbocycles. The van der Waals surface area contributed by atoms with E-state index in [-0.39, 0.29) is 5.82 Å². The number of aromatic nitrogens is 1. The number of hydrogen-bond acceptors (Lipinski definition) is 3. The third kappa shape index (κ3) is 4.59. The molecule has 1 atom stereocenters. The predicted molar refractivity (Wildman–Crippen MR) is 115 cm³/mol. The van der Waals surface area contributed by atoms with Gasteiger partial charge in [0.25, 0.3) is 5.91 Å². The highest BCUT2D eigenvalue weighted by atomic mass is 19.1. The lowest BCUT2D eigenvalue weighted by Gasteiger charge is -2.14. The summed E-state index contributed by atoms with van der Waals surface area (Å²) >= 11 is 0. The first kappa shape index (κ1) is 21.3. The molecule has 3 rings (SSSR count). The Balaban J connectivity index is 1.71. The number of ether oxygens (including phenoxy) is 1. The zero-order valence-corrected chi connectivity index (χ0v) is 17.5. The Labute approximate surface area is 175 Å². The standard InChI is InChI=1S/C24H25FN2O3/c1-5-18-6-10-20(11-7-18)26-23(28)17(4)30-24(29)22-14-15(2)27(16(22)3)21-12-8-19(25)9-13-21/h6-14,17H,5H2,1-4H3,(H,26,28). The fourth-order valence-electron chi connectivity index (χ4n) is 3.30. The highest BCUT2D eigenvalue weighted by Crippen LogP contribution is 2.22. The molecular weight excluding hydrogens is 383 g/mol. The topological polar surface area (TPSA) is 60.3 Å². The lowest BCUT2D eigenvalue weighted by atomic mass is 10.1. The number of esters is 1. The molecule has 3 aromatic rings. The maximum Gasteiger partial charge on any atom is 0.340 e. The molecule has 6 heteroatoms. The molecule has 156 valence electrons. The minimum Gasteiger partial charge on any atom is -0.449 e. The van der Waals surface area contributed by atoms with Crippen LogP contribution in [-0.4, -0.2) is 22.5 Å². The molecule has 1 amide bonds. The van der Waals surface area contributed by atoms with Gasteiger partial charge in [0.1, 0.15) is 5.82 Å². The normalized spacial score (nSPS) is 11.8. The zero-order chi connectivity index (χ0) is 21.8. The van der Waals surface area contributed by atoms with E-state index in [1.54, 1.807) is 25.1 Å². The third-order valence-electron chi connectivity index (χ3n) is 5.02. The van der Waals surface area contributed by atoms with Crippen LogP contribution in [0.2, 0.25) is 0 Å². The van der Waals surface area contributed by atoms with Crippen LogP contribution in [0.25, 0.3) is 5.69 Å². The number of anilines is 1. The summed E-state index contributed by atoms with van der Waals surface area (Å²) in [6.45, 7) is 7.23. The first-order valence-corrected chi connectivity index (χ1v) is 9.85. The maximum absolute atomic E-state index is 13.2. The minimum atomic E-state index is -0.961. The molecule has 1 heterocycles. The molecule has 0 fully saturated rings. The van der Waals surface area contributed by atoms with Gasteiger partial charge in [0.2, 0.25) is 0 Å². The second-order valence-electron chi connectivity index (χ2n) is 7.18. The van der Waals surface area contributed by atoms with Crippen LogP contribution in [0.4, 0.5) is 10.1 Å². The molecule has 1 aromatic heterocycles. The van der Waals surface area contributed by atoms with E-state index in [1.165, 1.54) is 24.6 Å². The van der Waals surface area contributed by atoms with Gasteiger partial charge in [-0.25, -0.2) is 9.18 Å². The second kappa shape index (κ2) is 8.95. The molecule has 0 aliphatic carbocycles. The first-order chi connectivity index (χ1) is 14.3. The predicted octanol–water partition coefficient (Wildman–Crippen LogP) is 4.98. The van der Waals surface area contributed by atoms with Gasteiger partial charge in [-0.1, -0.05) is 19.1 Å². The first-order valence-electron chi connectivity index (χ1n) is 9.85. The Morgan fingerprint density at radius 1 is 1.07 bits per heavy atom. The number of nitrogens with one attached hydrogen (secondary N) is 1. The molecule has 0 spiro atoms. The van der Waals surface area contributed by atoms with Crippen LogP contribution >= 0.6 is 0 Å². The van der Waals surface area contributed by atoms with Gasteiger partial charge in [-0.15, -0.1) is 0 Å². The summed E-state index contributed by atoms with van der Waals surface area (Å²) in [6, 6.07) is 15.2. The summed E-state index contributed by atoms with van der Waals surface area (Å²) in [7, 11) is 0. The lowest BCUT2D eigenvalue weighted by molar-refractivity contribution is -0.123. The van der Waals surface area contributed by atoms with E-state index in [0.29, 0.717) is 16.9 Å². The highest BCUT2D eigenvalue weighted by molar-refractivity contribution is 5.98. The largest absolute Gasteiger partial charge is 0.449 e. The van der Waals surface area contributed by atoms with Crippen molar-refractivity contribution in [2.45, 2.75) is 40.2 Å². The van der Waals surface area contributed by atoms with Crippen LogP contribution in [0.5, 0.6) is 0 Å². The van der Waals surface area contributed by atoms with Crippen molar-refractivity contribution in [3.05, 3.63) is 82.9 Å². The molecule has 5 nitrogen and oxygen atoms in total. The van der Waals surface area contributed by atoms with Crippen LogP contribution in [0.15, 0.2) is 54.6 Å². The van der Waals surface area contributed by atoms with Crippen molar-refractivity contribution in [2.75, 3.05) is 5.32 Å². The number of amides is 1. The van der Waals surface area contributed by atoms with Gasteiger partial charge in [-0.3, -0.25) is 4.79 Å². The fraction of sp³-hybridized carbons (Fsp3) is 0.250. The van der Waals surface area contributed by atoms with E-state index in [0.717, 1.165) is 17.8 Å². The van der Waals surface area contributed by atoms with E-state index in [2.05, 4.69) is 12.2 Å². The van der Waals surface area contributed by atoms with Gasteiger partial charge in [-0.05, 0) is 75.2 Å². The molecule has 1 unspecified atom stereocenters. The Bertz CT molecular complexity index is 1050. The number of nitrogens with zero attached hydrogens (tertiary/aromatic N) is 1. The summed E-state index contributed by atoms with van der Waals surface area (Å²) in [6.07, 6.45) is -0.0456. The van der Waals surface area contributed by atoms with E-state index in [1.807, 2.05) is 35.8 Å². The minimum absolute atomic E-state index is 0.329. The van der Waals surface area contributed by atoms with Crippen molar-refractivity contribution in [2.24, 2.45) is 0 Å². The average Bonchev–Trinajstić information content (AvgIpc) is 3.03. The van der Waals surface area contributed by atoms with Gasteiger partial charge < -0.3 is 14.6 Å². The van der Waals surface area contributed by atoms with Crippen LogP contribution in [0.3, 0.4) is 0 Å². The van der Waals surface area contributed by atoms with Crippen molar-refractivity contribution in [1.82, 2.24) is 4.57 Å². The Morgan fingerprint density at radius 3 is 2.30 bits per heavy atom. The van der Waals surface area contributed by atoms with Crippen molar-refractivity contribution in [3.8, 4) is 5.69 Å². The second-order valence-corrected chi connectivity index (χ2v) is 7.18. The van der Waals surface area contributed by atoms with E-state index < -0.39 is 18.0 Å². The maximum atomic E-state index is 13.2. The number of benzene rings is 2. The average molecular weight is 408 g/mol. The van der Waals surface area contributed by atoms with Crippen LogP contribution < -0.4 is 5.32 Å². The summed E-state index contributed by atoms with van der Waals surface area (Å²) in [5, 5.41) is 2.76. The smallest absolute Gasteiger partial charge is 0.340 e. The van der Waals surface area contributed by atoms with Gasteiger partial charge in [-0.2, -0.15) is 0 Å². The molecular formula is C24H25FN2O3. The summed E-state index contributed by atoms with van der Waals surface area (Å²) < 4.78 is 20.5.